The first-order valence-electron chi connectivity index (χ1n) is 11.0. The van der Waals surface area contributed by atoms with Crippen molar-refractivity contribution in [2.24, 2.45) is 23.7 Å². The van der Waals surface area contributed by atoms with Gasteiger partial charge in [0.25, 0.3) is 23.4 Å². The third kappa shape index (κ3) is 3.81. The van der Waals surface area contributed by atoms with Gasteiger partial charge in [0.05, 0.1) is 16.8 Å². The van der Waals surface area contributed by atoms with Crippen molar-refractivity contribution in [1.82, 2.24) is 10.0 Å². The highest BCUT2D eigenvalue weighted by molar-refractivity contribution is 9.12. The molecule has 2 aromatic carbocycles. The molecule has 0 radical (unpaired) electrons. The van der Waals surface area contributed by atoms with Gasteiger partial charge in [-0.15, -0.1) is 0 Å². The number of nitro groups is 1. The summed E-state index contributed by atoms with van der Waals surface area (Å²) in [5.41, 5.74) is -0.106. The van der Waals surface area contributed by atoms with E-state index < -0.39 is 46.8 Å². The zero-order valence-corrected chi connectivity index (χ0v) is 21.3. The molecule has 11 heteroatoms. The summed E-state index contributed by atoms with van der Waals surface area (Å²) in [5, 5.41) is 12.9. The minimum absolute atomic E-state index is 0.0114. The first-order valence-corrected chi connectivity index (χ1v) is 12.8. The second-order valence-corrected chi connectivity index (χ2v) is 11.1. The van der Waals surface area contributed by atoms with Crippen LogP contribution in [0.25, 0.3) is 0 Å². The zero-order valence-electron chi connectivity index (χ0n) is 18.1. The van der Waals surface area contributed by atoms with Gasteiger partial charge in [0.2, 0.25) is 0 Å². The van der Waals surface area contributed by atoms with Gasteiger partial charge in [-0.05, 0) is 24.3 Å². The predicted octanol–water partition coefficient (Wildman–Crippen LogP) is 3.61. The zero-order chi connectivity index (χ0) is 25.0. The molecule has 2 saturated carbocycles. The van der Waals surface area contributed by atoms with E-state index in [1.165, 1.54) is 18.2 Å². The summed E-state index contributed by atoms with van der Waals surface area (Å²) < 4.78 is 0. The molecular weight excluding hydrogens is 586 g/mol. The number of imide groups is 1. The van der Waals surface area contributed by atoms with E-state index in [-0.39, 0.29) is 32.7 Å². The Kier molecular flexibility index (Phi) is 6.08. The Labute approximate surface area is 216 Å². The molecule has 6 atom stereocenters. The van der Waals surface area contributed by atoms with Gasteiger partial charge in [0.15, 0.2) is 5.78 Å². The topological polar surface area (TPSA) is 118 Å². The smallest absolute Gasteiger partial charge is 0.273 e. The Hall–Kier alpha value is -2.92. The molecule has 1 saturated heterocycles. The van der Waals surface area contributed by atoms with Crippen molar-refractivity contribution in [2.45, 2.75) is 16.1 Å². The van der Waals surface area contributed by atoms with Gasteiger partial charge in [-0.1, -0.05) is 68.3 Å². The summed E-state index contributed by atoms with van der Waals surface area (Å²) in [6.45, 7) is -0.562. The van der Waals surface area contributed by atoms with Crippen molar-refractivity contribution in [3.05, 3.63) is 75.8 Å². The number of hydrogen-bond acceptors (Lipinski definition) is 6. The first kappa shape index (κ1) is 23.8. The van der Waals surface area contributed by atoms with Crippen LogP contribution in [-0.4, -0.2) is 54.6 Å². The molecule has 0 aromatic heterocycles. The molecule has 2 aromatic rings. The lowest BCUT2D eigenvalue weighted by Gasteiger charge is -2.30. The van der Waals surface area contributed by atoms with Gasteiger partial charge in [0.1, 0.15) is 6.54 Å². The Morgan fingerprint density at radius 2 is 1.51 bits per heavy atom. The quantitative estimate of drug-likeness (QED) is 0.163. The minimum atomic E-state index is -0.835. The summed E-state index contributed by atoms with van der Waals surface area (Å²) in [6.07, 6.45) is 0.717. The number of fused-ring (bicyclic) bond motifs is 5. The molecule has 5 rings (SSSR count). The van der Waals surface area contributed by atoms with E-state index >= 15 is 0 Å². The van der Waals surface area contributed by atoms with Crippen LogP contribution in [0.2, 0.25) is 0 Å². The van der Waals surface area contributed by atoms with Crippen LogP contribution < -0.4 is 0 Å². The lowest BCUT2D eigenvalue weighted by molar-refractivity contribution is -0.384. The second-order valence-electron chi connectivity index (χ2n) is 8.95. The van der Waals surface area contributed by atoms with Crippen LogP contribution in [0.5, 0.6) is 0 Å². The van der Waals surface area contributed by atoms with Crippen molar-refractivity contribution >= 4 is 61.1 Å². The molecule has 2 aliphatic carbocycles. The van der Waals surface area contributed by atoms with Gasteiger partial charge in [0, 0.05) is 32.9 Å². The van der Waals surface area contributed by atoms with Crippen LogP contribution in [0.15, 0.2) is 54.6 Å². The second kappa shape index (κ2) is 8.94. The van der Waals surface area contributed by atoms with Gasteiger partial charge in [-0.3, -0.25) is 29.3 Å². The van der Waals surface area contributed by atoms with Crippen LogP contribution in [0.1, 0.15) is 27.1 Å². The summed E-state index contributed by atoms with van der Waals surface area (Å²) in [6, 6.07) is 13.2. The van der Waals surface area contributed by atoms with Gasteiger partial charge >= 0.3 is 0 Å². The molecule has 3 aliphatic rings. The fourth-order valence-electron chi connectivity index (χ4n) is 5.56. The van der Waals surface area contributed by atoms with Crippen LogP contribution in [0.3, 0.4) is 0 Å². The Balaban J connectivity index is 1.53. The maximum atomic E-state index is 13.6. The van der Waals surface area contributed by atoms with Gasteiger partial charge in [-0.2, -0.15) is 5.01 Å². The van der Waals surface area contributed by atoms with Gasteiger partial charge in [-0.25, -0.2) is 5.01 Å². The number of non-ortho nitro benzene ring substituents is 1. The normalized spacial score (nSPS) is 28.8. The summed E-state index contributed by atoms with van der Waals surface area (Å²) >= 11 is 7.26. The lowest BCUT2D eigenvalue weighted by atomic mass is 9.81. The largest absolute Gasteiger partial charge is 0.292 e. The van der Waals surface area contributed by atoms with E-state index in [2.05, 4.69) is 31.9 Å². The third-order valence-corrected chi connectivity index (χ3v) is 10.3. The van der Waals surface area contributed by atoms with Gasteiger partial charge < -0.3 is 0 Å². The summed E-state index contributed by atoms with van der Waals surface area (Å²) in [7, 11) is 0. The van der Waals surface area contributed by atoms with E-state index in [0.717, 1.165) is 16.1 Å². The number of hydrogen-bond donors (Lipinski definition) is 0. The predicted molar refractivity (Wildman–Crippen MR) is 131 cm³/mol. The number of amides is 3. The van der Waals surface area contributed by atoms with E-state index in [9.17, 15) is 29.3 Å². The molecule has 1 heterocycles. The highest BCUT2D eigenvalue weighted by Gasteiger charge is 2.67. The Morgan fingerprint density at radius 3 is 2.09 bits per heavy atom. The lowest BCUT2D eigenvalue weighted by Crippen LogP contribution is -2.52. The Bertz CT molecular complexity index is 1220. The number of ketones is 1. The SMILES string of the molecule is O=C(CN(C(=O)c1cccc([N+](=O)[O-])c1)N1C(=O)[C@@H]2[C@H]3C[C@@H]([C@H](Br)[C@H]3Br)[C@@H]2C1=O)c1ccccc1. The molecule has 1 aliphatic heterocycles. The molecule has 3 amide bonds. The molecule has 180 valence electrons. The van der Waals surface area contributed by atoms with Crippen LogP contribution in [0.4, 0.5) is 5.69 Å². The van der Waals surface area contributed by atoms with Crippen molar-refractivity contribution < 1.29 is 24.1 Å². The number of carbonyl (C=O) groups is 4. The summed E-state index contributed by atoms with van der Waals surface area (Å²) in [4.78, 5) is 64.4. The number of nitro benzene ring substituents is 1. The molecule has 9 nitrogen and oxygen atoms in total. The standard InChI is InChI=1S/C24H19Br2N3O6/c25-20-15-10-16(21(20)26)19-18(15)23(32)28(24(19)33)27(11-17(30)12-5-2-1-3-6-12)22(31)13-7-4-8-14(9-13)29(34)35/h1-9,15-16,18-21H,10-11H2/t15-,16-,18-,19+,20+,21+/m1/s1. The van der Waals surface area contributed by atoms with E-state index in [4.69, 9.17) is 0 Å². The first-order chi connectivity index (χ1) is 16.7. The molecular formula is C24H19Br2N3O6. The molecule has 35 heavy (non-hydrogen) atoms. The average Bonchev–Trinajstić information content (AvgIpc) is 3.47. The number of halogens is 2. The van der Waals surface area contributed by atoms with Crippen LogP contribution in [-0.2, 0) is 9.59 Å². The van der Waals surface area contributed by atoms with Crippen molar-refractivity contribution in [3.8, 4) is 0 Å². The minimum Gasteiger partial charge on any atom is -0.292 e. The maximum Gasteiger partial charge on any atom is 0.273 e. The highest BCUT2D eigenvalue weighted by atomic mass is 79.9. The third-order valence-electron chi connectivity index (χ3n) is 7.13. The van der Waals surface area contributed by atoms with Crippen LogP contribution >= 0.6 is 31.9 Å². The molecule has 2 bridgehead atoms. The number of rotatable bonds is 6. The fraction of sp³-hybridized carbons (Fsp3) is 0.333. The average molecular weight is 605 g/mol. The molecule has 0 spiro atoms. The van der Waals surface area contributed by atoms with E-state index in [1.807, 2.05) is 0 Å². The number of hydrazine groups is 1. The fourth-order valence-corrected chi connectivity index (χ4v) is 7.43. The number of Topliss-reactive ketones (excluding diaryl/α,β-unsaturated/α-hetero) is 1. The van der Waals surface area contributed by atoms with E-state index in [1.54, 1.807) is 30.3 Å². The number of carbonyl (C=O) groups excluding carboxylic acids is 4. The number of benzene rings is 2. The monoisotopic (exact) mass is 603 g/mol. The van der Waals surface area contributed by atoms with E-state index in [0.29, 0.717) is 12.0 Å². The highest BCUT2D eigenvalue weighted by Crippen LogP contribution is 2.60. The molecule has 3 fully saturated rings. The van der Waals surface area contributed by atoms with Crippen LogP contribution in [0, 0.1) is 33.8 Å². The number of alkyl halides is 2. The maximum absolute atomic E-state index is 13.6. The molecule has 0 unspecified atom stereocenters. The Morgan fingerprint density at radius 1 is 0.943 bits per heavy atom. The number of nitrogens with zero attached hydrogens (tertiary/aromatic N) is 3. The van der Waals surface area contributed by atoms with Crippen molar-refractivity contribution in [3.63, 3.8) is 0 Å². The van der Waals surface area contributed by atoms with Crippen molar-refractivity contribution in [1.29, 1.82) is 0 Å². The van der Waals surface area contributed by atoms with Crippen molar-refractivity contribution in [2.75, 3.05) is 6.54 Å². The molecule has 0 N–H and O–H groups in total. The summed E-state index contributed by atoms with van der Waals surface area (Å²) in [5.74, 6) is -3.66.